The molecule has 5 nitrogen and oxygen atoms in total. The lowest BCUT2D eigenvalue weighted by atomic mass is 10.3. The Hall–Kier alpha value is -1.35. The van der Waals surface area contributed by atoms with Gasteiger partial charge in [0.1, 0.15) is 5.69 Å². The number of pyridine rings is 1. The molecule has 0 bridgehead atoms. The number of hydrogen-bond donors (Lipinski definition) is 2. The first-order chi connectivity index (χ1) is 9.26. The van der Waals surface area contributed by atoms with Crippen molar-refractivity contribution in [3.63, 3.8) is 0 Å². The molecule has 0 aromatic carbocycles. The van der Waals surface area contributed by atoms with Crippen molar-refractivity contribution < 1.29 is 21.6 Å². The normalized spacial score (nSPS) is 16.1. The SMILES string of the molecule is O=S(=O)(CCNC1CC1)Nc1ccc(C(F)(F)F)nc1. The fourth-order valence-corrected chi connectivity index (χ4v) is 2.51. The number of hydrogen-bond acceptors (Lipinski definition) is 4. The Kier molecular flexibility index (Phi) is 4.19. The van der Waals surface area contributed by atoms with Crippen LogP contribution in [0.2, 0.25) is 0 Å². The minimum atomic E-state index is -4.54. The molecule has 1 aromatic heterocycles. The van der Waals surface area contributed by atoms with Crippen molar-refractivity contribution in [2.45, 2.75) is 25.1 Å². The summed E-state index contributed by atoms with van der Waals surface area (Å²) in [4.78, 5) is 3.19. The fraction of sp³-hybridized carbons (Fsp3) is 0.545. The van der Waals surface area contributed by atoms with Gasteiger partial charge in [-0.25, -0.2) is 13.4 Å². The van der Waals surface area contributed by atoms with Gasteiger partial charge in [-0.1, -0.05) is 0 Å². The molecule has 0 unspecified atom stereocenters. The molecule has 112 valence electrons. The lowest BCUT2D eigenvalue weighted by Gasteiger charge is -2.09. The summed E-state index contributed by atoms with van der Waals surface area (Å²) in [7, 11) is -3.58. The van der Waals surface area contributed by atoms with E-state index in [0.717, 1.165) is 31.2 Å². The first kappa shape index (κ1) is 15.0. The Bertz CT molecular complexity index is 553. The number of aromatic nitrogens is 1. The topological polar surface area (TPSA) is 71.1 Å². The van der Waals surface area contributed by atoms with Crippen molar-refractivity contribution in [1.82, 2.24) is 10.3 Å². The molecule has 0 radical (unpaired) electrons. The van der Waals surface area contributed by atoms with Gasteiger partial charge in [0, 0.05) is 12.6 Å². The van der Waals surface area contributed by atoms with Crippen molar-refractivity contribution in [2.24, 2.45) is 0 Å². The molecule has 2 rings (SSSR count). The molecule has 1 aliphatic carbocycles. The highest BCUT2D eigenvalue weighted by Gasteiger charge is 2.32. The number of nitrogens with zero attached hydrogens (tertiary/aromatic N) is 1. The lowest BCUT2D eigenvalue weighted by Crippen LogP contribution is -2.28. The van der Waals surface area contributed by atoms with Crippen LogP contribution in [0.3, 0.4) is 0 Å². The van der Waals surface area contributed by atoms with E-state index in [0.29, 0.717) is 12.6 Å². The van der Waals surface area contributed by atoms with Gasteiger partial charge in [0.15, 0.2) is 0 Å². The Morgan fingerprint density at radius 1 is 1.30 bits per heavy atom. The Morgan fingerprint density at radius 2 is 2.00 bits per heavy atom. The summed E-state index contributed by atoms with van der Waals surface area (Å²) in [6, 6.07) is 2.18. The van der Waals surface area contributed by atoms with E-state index in [4.69, 9.17) is 0 Å². The van der Waals surface area contributed by atoms with Gasteiger partial charge in [-0.05, 0) is 25.0 Å². The molecular weight excluding hydrogens is 295 g/mol. The number of anilines is 1. The van der Waals surface area contributed by atoms with Crippen LogP contribution in [0, 0.1) is 0 Å². The van der Waals surface area contributed by atoms with Gasteiger partial charge in [0.25, 0.3) is 0 Å². The molecule has 1 aliphatic rings. The molecule has 1 fully saturated rings. The standard InChI is InChI=1S/C11H14F3N3O2S/c12-11(13,14)10-4-3-9(7-16-10)17-20(18,19)6-5-15-8-1-2-8/h3-4,7-8,15,17H,1-2,5-6H2. The van der Waals surface area contributed by atoms with Crippen LogP contribution in [0.25, 0.3) is 0 Å². The zero-order valence-corrected chi connectivity index (χ0v) is 11.3. The summed E-state index contributed by atoms with van der Waals surface area (Å²) in [5.74, 6) is -0.134. The van der Waals surface area contributed by atoms with E-state index >= 15 is 0 Å². The van der Waals surface area contributed by atoms with Gasteiger partial charge in [0.2, 0.25) is 10.0 Å². The molecule has 2 N–H and O–H groups in total. The van der Waals surface area contributed by atoms with E-state index in [2.05, 4.69) is 15.0 Å². The minimum Gasteiger partial charge on any atom is -0.313 e. The Balaban J connectivity index is 1.90. The predicted octanol–water partition coefficient (Wildman–Crippen LogP) is 1.59. The van der Waals surface area contributed by atoms with Gasteiger partial charge >= 0.3 is 6.18 Å². The van der Waals surface area contributed by atoms with E-state index < -0.39 is 21.9 Å². The van der Waals surface area contributed by atoms with Crippen molar-refractivity contribution in [3.05, 3.63) is 24.0 Å². The molecule has 9 heteroatoms. The third kappa shape index (κ3) is 4.64. The van der Waals surface area contributed by atoms with Crippen molar-refractivity contribution in [3.8, 4) is 0 Å². The molecule has 0 saturated heterocycles. The molecular formula is C11H14F3N3O2S. The maximum absolute atomic E-state index is 12.3. The lowest BCUT2D eigenvalue weighted by molar-refractivity contribution is -0.141. The van der Waals surface area contributed by atoms with Crippen molar-refractivity contribution in [1.29, 1.82) is 0 Å². The molecule has 0 amide bonds. The van der Waals surface area contributed by atoms with E-state index in [-0.39, 0.29) is 11.4 Å². The van der Waals surface area contributed by atoms with Gasteiger partial charge < -0.3 is 5.32 Å². The fourth-order valence-electron chi connectivity index (χ4n) is 1.54. The summed E-state index contributed by atoms with van der Waals surface area (Å²) in [6.45, 7) is 0.314. The summed E-state index contributed by atoms with van der Waals surface area (Å²) < 4.78 is 62.4. The van der Waals surface area contributed by atoms with E-state index in [1.807, 2.05) is 0 Å². The predicted molar refractivity (Wildman–Crippen MR) is 67.7 cm³/mol. The average Bonchev–Trinajstić information content (AvgIpc) is 3.11. The number of halogens is 3. The van der Waals surface area contributed by atoms with Crippen LogP contribution in [-0.2, 0) is 16.2 Å². The summed E-state index contributed by atoms with van der Waals surface area (Å²) in [6.07, 6.45) is -1.58. The number of rotatable bonds is 6. The smallest absolute Gasteiger partial charge is 0.313 e. The van der Waals surface area contributed by atoms with Crippen LogP contribution < -0.4 is 10.0 Å². The highest BCUT2D eigenvalue weighted by atomic mass is 32.2. The molecule has 1 heterocycles. The van der Waals surface area contributed by atoms with E-state index in [1.54, 1.807) is 0 Å². The van der Waals surface area contributed by atoms with Crippen LogP contribution in [0.1, 0.15) is 18.5 Å². The molecule has 1 aromatic rings. The third-order valence-electron chi connectivity index (χ3n) is 2.71. The third-order valence-corrected chi connectivity index (χ3v) is 4.00. The Labute approximate surface area is 114 Å². The second-order valence-electron chi connectivity index (χ2n) is 4.58. The molecule has 0 atom stereocenters. The van der Waals surface area contributed by atoms with Crippen molar-refractivity contribution >= 4 is 15.7 Å². The molecule has 20 heavy (non-hydrogen) atoms. The number of alkyl halides is 3. The molecule has 0 aliphatic heterocycles. The second-order valence-corrected chi connectivity index (χ2v) is 6.42. The van der Waals surface area contributed by atoms with Crippen LogP contribution >= 0.6 is 0 Å². The van der Waals surface area contributed by atoms with Gasteiger partial charge in [-0.2, -0.15) is 13.2 Å². The average molecular weight is 309 g/mol. The zero-order valence-electron chi connectivity index (χ0n) is 10.4. The maximum atomic E-state index is 12.3. The van der Waals surface area contributed by atoms with Crippen LogP contribution in [-0.4, -0.2) is 31.7 Å². The summed E-state index contributed by atoms with van der Waals surface area (Å²) in [5.41, 5.74) is -1.04. The number of sulfonamides is 1. The quantitative estimate of drug-likeness (QED) is 0.837. The highest BCUT2D eigenvalue weighted by Crippen LogP contribution is 2.27. The van der Waals surface area contributed by atoms with Crippen LogP contribution in [0.5, 0.6) is 0 Å². The Morgan fingerprint density at radius 3 is 2.50 bits per heavy atom. The first-order valence-corrected chi connectivity index (χ1v) is 7.69. The highest BCUT2D eigenvalue weighted by molar-refractivity contribution is 7.92. The van der Waals surface area contributed by atoms with Crippen LogP contribution in [0.4, 0.5) is 18.9 Å². The largest absolute Gasteiger partial charge is 0.433 e. The monoisotopic (exact) mass is 309 g/mol. The minimum absolute atomic E-state index is 0.0180. The van der Waals surface area contributed by atoms with Gasteiger partial charge in [-0.15, -0.1) is 0 Å². The van der Waals surface area contributed by atoms with Crippen molar-refractivity contribution in [2.75, 3.05) is 17.0 Å². The first-order valence-electron chi connectivity index (χ1n) is 6.03. The number of nitrogens with one attached hydrogen (secondary N) is 2. The molecule has 1 saturated carbocycles. The van der Waals surface area contributed by atoms with Gasteiger partial charge in [0.05, 0.1) is 17.6 Å². The molecule has 0 spiro atoms. The van der Waals surface area contributed by atoms with Gasteiger partial charge in [-0.3, -0.25) is 4.72 Å². The van der Waals surface area contributed by atoms with E-state index in [9.17, 15) is 21.6 Å². The summed E-state index contributed by atoms with van der Waals surface area (Å²) >= 11 is 0. The van der Waals surface area contributed by atoms with Crippen LogP contribution in [0.15, 0.2) is 18.3 Å². The van der Waals surface area contributed by atoms with E-state index in [1.165, 1.54) is 0 Å². The second kappa shape index (κ2) is 5.57. The zero-order chi connectivity index (χ0) is 14.8. The maximum Gasteiger partial charge on any atom is 0.433 e. The summed E-state index contributed by atoms with van der Waals surface area (Å²) in [5, 5.41) is 3.04.